The molecule has 0 unspecified atom stereocenters. The van der Waals surface area contributed by atoms with Gasteiger partial charge in [0.2, 0.25) is 10.0 Å². The van der Waals surface area contributed by atoms with E-state index in [1.165, 1.54) is 0 Å². The molecule has 4 fully saturated rings. The van der Waals surface area contributed by atoms with Crippen molar-refractivity contribution in [3.8, 4) is 0 Å². The summed E-state index contributed by atoms with van der Waals surface area (Å²) in [6.07, 6.45) is 6.42. The maximum absolute atomic E-state index is 12.7. The number of ether oxygens (including phenoxy) is 1. The largest absolute Gasteiger partial charge is 0.372 e. The summed E-state index contributed by atoms with van der Waals surface area (Å²) in [6.45, 7) is 1.06. The van der Waals surface area contributed by atoms with Gasteiger partial charge in [0.25, 0.3) is 0 Å². The van der Waals surface area contributed by atoms with Crippen molar-refractivity contribution in [2.75, 3.05) is 30.8 Å². The van der Waals surface area contributed by atoms with Crippen molar-refractivity contribution in [3.05, 3.63) is 18.6 Å². The Kier molecular flexibility index (Phi) is 3.74. The maximum Gasteiger partial charge on any atom is 0.214 e. The van der Waals surface area contributed by atoms with Gasteiger partial charge in [-0.1, -0.05) is 0 Å². The minimum Gasteiger partial charge on any atom is -0.372 e. The number of piperidine rings is 1. The van der Waals surface area contributed by atoms with Crippen molar-refractivity contribution in [2.45, 2.75) is 37.5 Å². The summed E-state index contributed by atoms with van der Waals surface area (Å²) >= 11 is 0. The molecule has 0 amide bonds. The van der Waals surface area contributed by atoms with Crippen LogP contribution >= 0.6 is 0 Å². The van der Waals surface area contributed by atoms with Crippen LogP contribution in [0.3, 0.4) is 0 Å². The van der Waals surface area contributed by atoms with Crippen LogP contribution in [0.5, 0.6) is 0 Å². The standard InChI is InChI=1S/C17H23N5O3S/c1-21(17-15-2-3-18-16(15)19-10-20-17)12-4-11(5-12)9-26(23,24)22-7-13-6-14(8-22)25-13/h2-3,10-14H,4-9H2,1H3,(H,18,19,20)/t11?,12?,13-,14+. The predicted molar refractivity (Wildman–Crippen MR) is 97.4 cm³/mol. The van der Waals surface area contributed by atoms with E-state index in [-0.39, 0.29) is 23.9 Å². The van der Waals surface area contributed by atoms with Crippen LogP contribution < -0.4 is 4.90 Å². The molecule has 140 valence electrons. The molecule has 26 heavy (non-hydrogen) atoms. The lowest BCUT2D eigenvalue weighted by molar-refractivity contribution is -0.164. The van der Waals surface area contributed by atoms with Crippen molar-refractivity contribution in [1.29, 1.82) is 0 Å². The van der Waals surface area contributed by atoms with Crippen LogP contribution in [-0.2, 0) is 14.8 Å². The van der Waals surface area contributed by atoms with Crippen LogP contribution in [0.15, 0.2) is 18.6 Å². The minimum absolute atomic E-state index is 0.116. The maximum atomic E-state index is 12.7. The molecule has 6 rings (SSSR count). The molecule has 1 aliphatic carbocycles. The van der Waals surface area contributed by atoms with Crippen LogP contribution in [0.4, 0.5) is 5.82 Å². The highest BCUT2D eigenvalue weighted by Gasteiger charge is 2.44. The first kappa shape index (κ1) is 16.5. The summed E-state index contributed by atoms with van der Waals surface area (Å²) in [5.74, 6) is 1.37. The topological polar surface area (TPSA) is 91.4 Å². The van der Waals surface area contributed by atoms with Gasteiger partial charge in [0.1, 0.15) is 17.8 Å². The lowest BCUT2D eigenvalue weighted by Gasteiger charge is -2.47. The first-order valence-corrected chi connectivity index (χ1v) is 10.7. The van der Waals surface area contributed by atoms with Crippen LogP contribution in [0, 0.1) is 5.92 Å². The van der Waals surface area contributed by atoms with E-state index in [1.807, 2.05) is 19.3 Å². The Hall–Kier alpha value is -1.71. The van der Waals surface area contributed by atoms with Crippen LogP contribution in [0.2, 0.25) is 0 Å². The van der Waals surface area contributed by atoms with Gasteiger partial charge < -0.3 is 14.6 Å². The molecule has 0 spiro atoms. The average Bonchev–Trinajstić information content (AvgIpc) is 3.05. The van der Waals surface area contributed by atoms with Gasteiger partial charge in [0, 0.05) is 38.8 Å². The Morgan fingerprint density at radius 2 is 2.00 bits per heavy atom. The van der Waals surface area contributed by atoms with Crippen molar-refractivity contribution in [1.82, 2.24) is 19.3 Å². The number of hydrogen-bond acceptors (Lipinski definition) is 6. The summed E-state index contributed by atoms with van der Waals surface area (Å²) in [7, 11) is -1.15. The fourth-order valence-corrected chi connectivity index (χ4v) is 6.28. The molecule has 1 N–H and O–H groups in total. The average molecular weight is 377 g/mol. The van der Waals surface area contributed by atoms with Gasteiger partial charge in [0.15, 0.2) is 0 Å². The first-order chi connectivity index (χ1) is 12.5. The first-order valence-electron chi connectivity index (χ1n) is 9.14. The number of morpholine rings is 1. The normalized spacial score (nSPS) is 31.4. The third-order valence-electron chi connectivity index (χ3n) is 5.99. The van der Waals surface area contributed by atoms with Gasteiger partial charge in [-0.15, -0.1) is 0 Å². The second-order valence-electron chi connectivity index (χ2n) is 7.75. The highest BCUT2D eigenvalue weighted by molar-refractivity contribution is 7.89. The molecule has 4 aliphatic rings. The molecule has 3 aliphatic heterocycles. The molecule has 2 atom stereocenters. The lowest BCUT2D eigenvalue weighted by atomic mass is 9.81. The smallest absolute Gasteiger partial charge is 0.214 e. The lowest BCUT2D eigenvalue weighted by Crippen LogP contribution is -2.59. The molecule has 1 saturated carbocycles. The Balaban J connectivity index is 1.21. The van der Waals surface area contributed by atoms with Gasteiger partial charge in [-0.25, -0.2) is 18.4 Å². The Morgan fingerprint density at radius 3 is 2.73 bits per heavy atom. The molecular weight excluding hydrogens is 354 g/mol. The SMILES string of the molecule is CN(c1ncnc2[nH]ccc12)C1CC(CS(=O)(=O)N2C[C@H]3C[C@@H](C2)O3)C1. The monoisotopic (exact) mass is 377 g/mol. The Labute approximate surface area is 152 Å². The van der Waals surface area contributed by atoms with Crippen LogP contribution in [0.25, 0.3) is 11.0 Å². The van der Waals surface area contributed by atoms with Gasteiger partial charge in [-0.05, 0) is 24.8 Å². The molecule has 3 saturated heterocycles. The number of nitrogens with zero attached hydrogens (tertiary/aromatic N) is 4. The number of aromatic nitrogens is 3. The molecule has 9 heteroatoms. The molecule has 2 aromatic rings. The van der Waals surface area contributed by atoms with Gasteiger partial charge in [-0.2, -0.15) is 4.31 Å². The van der Waals surface area contributed by atoms with E-state index in [2.05, 4.69) is 19.9 Å². The molecule has 8 nitrogen and oxygen atoms in total. The van der Waals surface area contributed by atoms with E-state index in [4.69, 9.17) is 4.74 Å². The number of nitrogens with one attached hydrogen (secondary N) is 1. The second-order valence-corrected chi connectivity index (χ2v) is 9.76. The number of rotatable bonds is 5. The molecule has 0 radical (unpaired) electrons. The third-order valence-corrected chi connectivity index (χ3v) is 7.97. The van der Waals surface area contributed by atoms with Gasteiger partial charge in [-0.3, -0.25) is 0 Å². The van der Waals surface area contributed by atoms with Crippen molar-refractivity contribution >= 4 is 26.9 Å². The predicted octanol–water partition coefficient (Wildman–Crippen LogP) is 0.976. The molecular formula is C17H23N5O3S. The zero-order valence-electron chi connectivity index (χ0n) is 14.7. The van der Waals surface area contributed by atoms with E-state index >= 15 is 0 Å². The highest BCUT2D eigenvalue weighted by Crippen LogP contribution is 2.37. The van der Waals surface area contributed by atoms with Crippen LogP contribution in [0.1, 0.15) is 19.3 Å². The quantitative estimate of drug-likeness (QED) is 0.835. The van der Waals surface area contributed by atoms with Gasteiger partial charge in [0.05, 0.1) is 23.3 Å². The molecule has 2 bridgehead atoms. The zero-order valence-corrected chi connectivity index (χ0v) is 15.5. The van der Waals surface area contributed by atoms with E-state index in [9.17, 15) is 8.42 Å². The van der Waals surface area contributed by atoms with Crippen molar-refractivity contribution < 1.29 is 13.2 Å². The number of aromatic amines is 1. The number of fused-ring (bicyclic) bond motifs is 3. The number of anilines is 1. The Morgan fingerprint density at radius 1 is 1.27 bits per heavy atom. The molecule has 5 heterocycles. The van der Waals surface area contributed by atoms with E-state index in [0.717, 1.165) is 36.1 Å². The van der Waals surface area contributed by atoms with Crippen molar-refractivity contribution in [3.63, 3.8) is 0 Å². The number of sulfonamides is 1. The fraction of sp³-hybridized carbons (Fsp3) is 0.647. The zero-order chi connectivity index (χ0) is 17.9. The van der Waals surface area contributed by atoms with E-state index < -0.39 is 10.0 Å². The summed E-state index contributed by atoms with van der Waals surface area (Å²) < 4.78 is 32.5. The van der Waals surface area contributed by atoms with E-state index in [1.54, 1.807) is 10.6 Å². The number of hydrogen-bond donors (Lipinski definition) is 1. The summed E-state index contributed by atoms with van der Waals surface area (Å²) in [5, 5.41) is 0.999. The third kappa shape index (κ3) is 2.69. The van der Waals surface area contributed by atoms with Gasteiger partial charge >= 0.3 is 0 Å². The highest BCUT2D eigenvalue weighted by atomic mass is 32.2. The fourth-order valence-electron chi connectivity index (χ4n) is 4.41. The van der Waals surface area contributed by atoms with E-state index in [0.29, 0.717) is 19.1 Å². The van der Waals surface area contributed by atoms with Crippen LogP contribution in [-0.4, -0.2) is 71.8 Å². The Bertz CT molecular complexity index is 907. The second kappa shape index (κ2) is 5.90. The minimum atomic E-state index is -3.18. The summed E-state index contributed by atoms with van der Waals surface area (Å²) in [4.78, 5) is 13.9. The van der Waals surface area contributed by atoms with Crippen molar-refractivity contribution in [2.24, 2.45) is 5.92 Å². The molecule has 0 aromatic carbocycles. The summed E-state index contributed by atoms with van der Waals surface area (Å²) in [6, 6.07) is 2.30. The molecule has 2 aromatic heterocycles. The summed E-state index contributed by atoms with van der Waals surface area (Å²) in [5.41, 5.74) is 0.825. The number of H-pyrrole nitrogens is 1.